The minimum Gasteiger partial charge on any atom is -0.461 e. The molecule has 18 heavy (non-hydrogen) atoms. The highest BCUT2D eigenvalue weighted by molar-refractivity contribution is 7.14. The van der Waals surface area contributed by atoms with Crippen LogP contribution >= 0.6 is 11.3 Å². The minimum absolute atomic E-state index is 0.330. The number of ether oxygens (including phenoxy) is 1. The van der Waals surface area contributed by atoms with Crippen molar-refractivity contribution in [1.29, 1.82) is 0 Å². The fourth-order valence-corrected chi connectivity index (χ4v) is 2.11. The highest BCUT2D eigenvalue weighted by Gasteiger charge is 2.16. The molecule has 96 valence electrons. The number of imidazole rings is 1. The SMILES string of the molecule is CCOC(=O)c1ncsc1NCc1nccn1C. The molecule has 0 aromatic carbocycles. The number of carbonyl (C=O) groups excluding carboxylic acids is 1. The molecule has 7 heteroatoms. The van der Waals surface area contributed by atoms with E-state index in [9.17, 15) is 4.79 Å². The highest BCUT2D eigenvalue weighted by Crippen LogP contribution is 2.21. The standard InChI is InChI=1S/C11H14N4O2S/c1-3-17-11(16)9-10(18-7-14-9)13-6-8-12-4-5-15(8)2/h4-5,7,13H,3,6H2,1-2H3. The van der Waals surface area contributed by atoms with E-state index in [4.69, 9.17) is 4.74 Å². The maximum Gasteiger partial charge on any atom is 0.360 e. The van der Waals surface area contributed by atoms with Crippen molar-refractivity contribution in [2.45, 2.75) is 13.5 Å². The number of anilines is 1. The summed E-state index contributed by atoms with van der Waals surface area (Å²) < 4.78 is 6.85. The van der Waals surface area contributed by atoms with E-state index in [0.29, 0.717) is 23.8 Å². The molecule has 2 rings (SSSR count). The zero-order chi connectivity index (χ0) is 13.0. The Hall–Kier alpha value is -1.89. The fraction of sp³-hybridized carbons (Fsp3) is 0.364. The van der Waals surface area contributed by atoms with Gasteiger partial charge in [0.1, 0.15) is 10.8 Å². The van der Waals surface area contributed by atoms with Crippen LogP contribution in [-0.2, 0) is 18.3 Å². The number of nitrogens with zero attached hydrogens (tertiary/aromatic N) is 3. The Balaban J connectivity index is 2.04. The molecule has 2 heterocycles. The van der Waals surface area contributed by atoms with E-state index in [1.807, 2.05) is 17.8 Å². The lowest BCUT2D eigenvalue weighted by atomic mass is 10.4. The summed E-state index contributed by atoms with van der Waals surface area (Å²) in [7, 11) is 1.92. The fourth-order valence-electron chi connectivity index (χ4n) is 1.44. The van der Waals surface area contributed by atoms with Crippen molar-refractivity contribution in [2.75, 3.05) is 11.9 Å². The third-order valence-electron chi connectivity index (χ3n) is 2.36. The molecule has 0 saturated carbocycles. The number of hydrogen-bond donors (Lipinski definition) is 1. The molecule has 0 saturated heterocycles. The maximum atomic E-state index is 11.6. The van der Waals surface area contributed by atoms with Gasteiger partial charge < -0.3 is 14.6 Å². The second-order valence-corrected chi connectivity index (χ2v) is 4.41. The van der Waals surface area contributed by atoms with Crippen LogP contribution in [-0.4, -0.2) is 27.1 Å². The molecule has 0 radical (unpaired) electrons. The molecular formula is C11H14N4O2S. The first-order valence-corrected chi connectivity index (χ1v) is 6.41. The number of hydrogen-bond acceptors (Lipinski definition) is 6. The lowest BCUT2D eigenvalue weighted by molar-refractivity contribution is 0.0521. The average Bonchev–Trinajstić information content (AvgIpc) is 2.95. The van der Waals surface area contributed by atoms with Crippen molar-refractivity contribution in [1.82, 2.24) is 14.5 Å². The number of thiazole rings is 1. The van der Waals surface area contributed by atoms with Gasteiger partial charge in [-0.25, -0.2) is 14.8 Å². The number of aromatic nitrogens is 3. The van der Waals surface area contributed by atoms with Crippen LogP contribution in [0.3, 0.4) is 0 Å². The minimum atomic E-state index is -0.402. The van der Waals surface area contributed by atoms with Crippen molar-refractivity contribution >= 4 is 22.3 Å². The third kappa shape index (κ3) is 2.67. The van der Waals surface area contributed by atoms with Crippen LogP contribution in [0, 0.1) is 0 Å². The molecule has 0 aliphatic heterocycles. The van der Waals surface area contributed by atoms with Gasteiger partial charge in [-0.15, -0.1) is 11.3 Å². The number of aryl methyl sites for hydroxylation is 1. The van der Waals surface area contributed by atoms with Gasteiger partial charge in [-0.2, -0.15) is 0 Å². The second-order valence-electron chi connectivity index (χ2n) is 3.56. The van der Waals surface area contributed by atoms with Gasteiger partial charge in [0.2, 0.25) is 0 Å². The van der Waals surface area contributed by atoms with E-state index in [0.717, 1.165) is 5.82 Å². The summed E-state index contributed by atoms with van der Waals surface area (Å²) in [6.07, 6.45) is 3.60. The smallest absolute Gasteiger partial charge is 0.360 e. The summed E-state index contributed by atoms with van der Waals surface area (Å²) >= 11 is 1.37. The van der Waals surface area contributed by atoms with Crippen LogP contribution in [0.1, 0.15) is 23.2 Å². The van der Waals surface area contributed by atoms with E-state index in [1.54, 1.807) is 18.6 Å². The van der Waals surface area contributed by atoms with Gasteiger partial charge in [-0.1, -0.05) is 0 Å². The van der Waals surface area contributed by atoms with Crippen molar-refractivity contribution in [2.24, 2.45) is 7.05 Å². The summed E-state index contributed by atoms with van der Waals surface area (Å²) in [6.45, 7) is 2.65. The van der Waals surface area contributed by atoms with Crippen LogP contribution in [0.2, 0.25) is 0 Å². The summed E-state index contributed by atoms with van der Waals surface area (Å²) in [5, 5.41) is 3.85. The lowest BCUT2D eigenvalue weighted by Gasteiger charge is -2.06. The Morgan fingerprint density at radius 2 is 2.39 bits per heavy atom. The molecule has 0 spiro atoms. The van der Waals surface area contributed by atoms with Crippen LogP contribution < -0.4 is 5.32 Å². The van der Waals surface area contributed by atoms with Crippen molar-refractivity contribution in [3.8, 4) is 0 Å². The van der Waals surface area contributed by atoms with Crippen molar-refractivity contribution < 1.29 is 9.53 Å². The molecule has 0 atom stereocenters. The summed E-state index contributed by atoms with van der Waals surface area (Å²) in [6, 6.07) is 0. The first kappa shape index (κ1) is 12.6. The number of carbonyl (C=O) groups is 1. The van der Waals surface area contributed by atoms with Crippen molar-refractivity contribution in [3.63, 3.8) is 0 Å². The molecule has 0 aliphatic carbocycles. The average molecular weight is 266 g/mol. The number of esters is 1. The van der Waals surface area contributed by atoms with Crippen molar-refractivity contribution in [3.05, 3.63) is 29.4 Å². The van der Waals surface area contributed by atoms with Gasteiger partial charge >= 0.3 is 5.97 Å². The molecule has 2 aromatic rings. The number of rotatable bonds is 5. The molecule has 0 bridgehead atoms. The maximum absolute atomic E-state index is 11.6. The third-order valence-corrected chi connectivity index (χ3v) is 3.15. The normalized spacial score (nSPS) is 10.3. The Bertz CT molecular complexity index is 535. The van der Waals surface area contributed by atoms with Gasteiger partial charge in [0.25, 0.3) is 0 Å². The Morgan fingerprint density at radius 1 is 1.56 bits per heavy atom. The molecule has 0 aliphatic rings. The molecule has 2 aromatic heterocycles. The summed E-state index contributed by atoms with van der Waals surface area (Å²) in [4.78, 5) is 19.8. The Morgan fingerprint density at radius 3 is 3.06 bits per heavy atom. The predicted molar refractivity (Wildman–Crippen MR) is 68.6 cm³/mol. The van der Waals surface area contributed by atoms with E-state index >= 15 is 0 Å². The largest absolute Gasteiger partial charge is 0.461 e. The Labute approximate surface area is 109 Å². The van der Waals surface area contributed by atoms with Gasteiger partial charge in [0.05, 0.1) is 18.7 Å². The number of nitrogens with one attached hydrogen (secondary N) is 1. The second kappa shape index (κ2) is 5.63. The highest BCUT2D eigenvalue weighted by atomic mass is 32.1. The lowest BCUT2D eigenvalue weighted by Crippen LogP contribution is -2.10. The molecule has 1 N–H and O–H groups in total. The molecule has 0 amide bonds. The quantitative estimate of drug-likeness (QED) is 0.834. The van der Waals surface area contributed by atoms with E-state index < -0.39 is 5.97 Å². The first-order chi connectivity index (χ1) is 8.72. The van der Waals surface area contributed by atoms with Crippen LogP contribution in [0.5, 0.6) is 0 Å². The van der Waals surface area contributed by atoms with E-state index in [2.05, 4.69) is 15.3 Å². The zero-order valence-electron chi connectivity index (χ0n) is 10.2. The van der Waals surface area contributed by atoms with E-state index in [-0.39, 0.29) is 0 Å². The zero-order valence-corrected chi connectivity index (χ0v) is 11.0. The first-order valence-electron chi connectivity index (χ1n) is 5.53. The molecular weight excluding hydrogens is 252 g/mol. The molecule has 0 fully saturated rings. The Kier molecular flexibility index (Phi) is 3.93. The van der Waals surface area contributed by atoms with Crippen LogP contribution in [0.4, 0.5) is 5.00 Å². The van der Waals surface area contributed by atoms with Gasteiger partial charge in [-0.3, -0.25) is 0 Å². The van der Waals surface area contributed by atoms with Crippen LogP contribution in [0.25, 0.3) is 0 Å². The van der Waals surface area contributed by atoms with Gasteiger partial charge in [-0.05, 0) is 6.92 Å². The predicted octanol–water partition coefficient (Wildman–Crippen LogP) is 1.67. The van der Waals surface area contributed by atoms with Gasteiger partial charge in [0.15, 0.2) is 5.69 Å². The summed E-state index contributed by atoms with van der Waals surface area (Å²) in [5.74, 6) is 0.485. The summed E-state index contributed by atoms with van der Waals surface area (Å²) in [5.41, 5.74) is 1.95. The monoisotopic (exact) mass is 266 g/mol. The van der Waals surface area contributed by atoms with Gasteiger partial charge in [0, 0.05) is 19.4 Å². The molecule has 0 unspecified atom stereocenters. The topological polar surface area (TPSA) is 69.0 Å². The van der Waals surface area contributed by atoms with E-state index in [1.165, 1.54) is 11.3 Å². The molecule has 6 nitrogen and oxygen atoms in total. The van der Waals surface area contributed by atoms with Crippen LogP contribution in [0.15, 0.2) is 17.9 Å².